The second kappa shape index (κ2) is 5.56. The predicted octanol–water partition coefficient (Wildman–Crippen LogP) is 3.05. The van der Waals surface area contributed by atoms with Crippen LogP contribution in [0.4, 0.5) is 0 Å². The number of nitrogens with zero attached hydrogens (tertiary/aromatic N) is 2. The highest BCUT2D eigenvalue weighted by Crippen LogP contribution is 2.31. The first-order valence-electron chi connectivity index (χ1n) is 7.88. The van der Waals surface area contributed by atoms with Crippen LogP contribution < -0.4 is 10.3 Å². The van der Waals surface area contributed by atoms with E-state index in [9.17, 15) is 4.79 Å². The molecule has 2 aromatic heterocycles. The molecule has 0 aliphatic rings. The lowest BCUT2D eigenvalue weighted by Crippen LogP contribution is -2.18. The zero-order chi connectivity index (χ0) is 17.6. The van der Waals surface area contributed by atoms with Crippen LogP contribution in [0.15, 0.2) is 41.3 Å². The Balaban J connectivity index is 1.90. The van der Waals surface area contributed by atoms with Crippen LogP contribution in [0.5, 0.6) is 5.75 Å². The molecule has 2 aromatic carbocycles. The molecule has 0 bridgehead atoms. The number of aromatic nitrogens is 3. The smallest absolute Gasteiger partial charge is 0.274 e. The minimum Gasteiger partial charge on any atom is -0.496 e. The summed E-state index contributed by atoms with van der Waals surface area (Å²) in [5.41, 5.74) is 4.07. The largest absolute Gasteiger partial charge is 0.496 e. The summed E-state index contributed by atoms with van der Waals surface area (Å²) in [6, 6.07) is 11.1. The third-order valence-corrected chi connectivity index (χ3v) is 4.53. The molecule has 2 N–H and O–H groups in total. The molecule has 4 rings (SSSR count). The maximum Gasteiger partial charge on any atom is 0.274 e. The second-order valence-electron chi connectivity index (χ2n) is 6.02. The van der Waals surface area contributed by atoms with Crippen LogP contribution in [0, 0.1) is 18.3 Å². The second-order valence-corrected chi connectivity index (χ2v) is 6.02. The fourth-order valence-corrected chi connectivity index (χ4v) is 3.28. The van der Waals surface area contributed by atoms with Crippen LogP contribution in [0.2, 0.25) is 0 Å². The average Bonchev–Trinajstić information content (AvgIpc) is 3.23. The van der Waals surface area contributed by atoms with Gasteiger partial charge in [-0.05, 0) is 42.8 Å². The van der Waals surface area contributed by atoms with Crippen molar-refractivity contribution < 1.29 is 4.74 Å². The van der Waals surface area contributed by atoms with Gasteiger partial charge in [0.1, 0.15) is 5.75 Å². The van der Waals surface area contributed by atoms with Gasteiger partial charge in [0.05, 0.1) is 36.2 Å². The zero-order valence-corrected chi connectivity index (χ0v) is 13.9. The molecular weight excluding hydrogens is 316 g/mol. The van der Waals surface area contributed by atoms with E-state index >= 15 is 0 Å². The van der Waals surface area contributed by atoms with E-state index in [0.29, 0.717) is 23.0 Å². The quantitative estimate of drug-likeness (QED) is 0.604. The van der Waals surface area contributed by atoms with Gasteiger partial charge in [-0.25, -0.2) is 4.68 Å². The van der Waals surface area contributed by atoms with Crippen molar-refractivity contribution >= 4 is 21.8 Å². The van der Waals surface area contributed by atoms with Gasteiger partial charge in [-0.15, -0.1) is 0 Å². The Bertz CT molecular complexity index is 1200. The predicted molar refractivity (Wildman–Crippen MR) is 96.0 cm³/mol. The van der Waals surface area contributed by atoms with Crippen LogP contribution in [0.3, 0.4) is 0 Å². The fourth-order valence-electron chi connectivity index (χ4n) is 3.28. The van der Waals surface area contributed by atoms with Gasteiger partial charge in [0.25, 0.3) is 5.56 Å². The molecule has 0 aliphatic carbocycles. The molecule has 6 nitrogen and oxygen atoms in total. The molecule has 2 heterocycles. The van der Waals surface area contributed by atoms with E-state index in [1.807, 2.05) is 25.3 Å². The van der Waals surface area contributed by atoms with Crippen molar-refractivity contribution in [3.05, 3.63) is 63.6 Å². The van der Waals surface area contributed by atoms with E-state index in [2.05, 4.69) is 16.2 Å². The van der Waals surface area contributed by atoms with Crippen molar-refractivity contribution in [3.8, 4) is 11.8 Å². The molecule has 0 unspecified atom stereocenters. The molecule has 0 fully saturated rings. The maximum atomic E-state index is 12.7. The highest BCUT2D eigenvalue weighted by Gasteiger charge is 2.15. The standard InChI is InChI=1S/C19H16N4O2/c1-11-7-17(25-2)15(13-5-6-21-18(11)13)10-23-19(24)14-8-12(9-20)3-4-16(14)22-23/h3-8,21-22H,10H2,1-2H3. The van der Waals surface area contributed by atoms with E-state index in [4.69, 9.17) is 10.00 Å². The number of benzene rings is 2. The number of aromatic amines is 2. The lowest BCUT2D eigenvalue weighted by molar-refractivity contribution is 0.408. The highest BCUT2D eigenvalue weighted by molar-refractivity contribution is 5.88. The number of fused-ring (bicyclic) bond motifs is 2. The molecule has 0 radical (unpaired) electrons. The number of hydrogen-bond donors (Lipinski definition) is 2. The van der Waals surface area contributed by atoms with Gasteiger partial charge in [0.2, 0.25) is 0 Å². The van der Waals surface area contributed by atoms with Crippen LogP contribution in [-0.4, -0.2) is 21.9 Å². The summed E-state index contributed by atoms with van der Waals surface area (Å²) >= 11 is 0. The molecular formula is C19H16N4O2. The highest BCUT2D eigenvalue weighted by atomic mass is 16.5. The molecule has 6 heteroatoms. The minimum atomic E-state index is -0.154. The van der Waals surface area contributed by atoms with E-state index in [-0.39, 0.29) is 5.56 Å². The van der Waals surface area contributed by atoms with Gasteiger partial charge in [0, 0.05) is 22.7 Å². The van der Waals surface area contributed by atoms with E-state index in [0.717, 1.165) is 27.8 Å². The van der Waals surface area contributed by atoms with Gasteiger partial charge in [-0.3, -0.25) is 9.89 Å². The number of hydrogen-bond acceptors (Lipinski definition) is 3. The Kier molecular flexibility index (Phi) is 3.36. The van der Waals surface area contributed by atoms with Crippen LogP contribution in [-0.2, 0) is 6.54 Å². The van der Waals surface area contributed by atoms with Gasteiger partial charge in [-0.2, -0.15) is 5.26 Å². The Morgan fingerprint density at radius 3 is 2.84 bits per heavy atom. The van der Waals surface area contributed by atoms with Crippen molar-refractivity contribution in [3.63, 3.8) is 0 Å². The third-order valence-electron chi connectivity index (χ3n) is 4.53. The van der Waals surface area contributed by atoms with Crippen LogP contribution in [0.25, 0.3) is 21.8 Å². The van der Waals surface area contributed by atoms with Gasteiger partial charge >= 0.3 is 0 Å². The van der Waals surface area contributed by atoms with Gasteiger partial charge < -0.3 is 9.72 Å². The number of H-pyrrole nitrogens is 2. The number of aryl methyl sites for hydroxylation is 1. The first-order chi connectivity index (χ1) is 12.1. The number of ether oxygens (including phenoxy) is 1. The molecule has 25 heavy (non-hydrogen) atoms. The van der Waals surface area contributed by atoms with Crippen molar-refractivity contribution in [2.45, 2.75) is 13.5 Å². The molecule has 0 amide bonds. The van der Waals surface area contributed by atoms with E-state index in [1.54, 1.807) is 30.0 Å². The van der Waals surface area contributed by atoms with E-state index in [1.165, 1.54) is 0 Å². The third kappa shape index (κ3) is 2.29. The molecule has 0 spiro atoms. The Hall–Kier alpha value is -3.46. The number of nitrogens with one attached hydrogen (secondary N) is 2. The Morgan fingerprint density at radius 1 is 1.24 bits per heavy atom. The first-order valence-corrected chi connectivity index (χ1v) is 7.88. The summed E-state index contributed by atoms with van der Waals surface area (Å²) in [6.45, 7) is 2.37. The minimum absolute atomic E-state index is 0.154. The van der Waals surface area contributed by atoms with Crippen molar-refractivity contribution in [2.75, 3.05) is 7.11 Å². The molecule has 0 atom stereocenters. The normalized spacial score (nSPS) is 11.1. The van der Waals surface area contributed by atoms with Gasteiger partial charge in [-0.1, -0.05) is 0 Å². The lowest BCUT2D eigenvalue weighted by Gasteiger charge is -2.12. The number of methoxy groups -OCH3 is 1. The Labute approximate surface area is 143 Å². The average molecular weight is 332 g/mol. The van der Waals surface area contributed by atoms with Gasteiger partial charge in [0.15, 0.2) is 0 Å². The first kappa shape index (κ1) is 15.1. The topological polar surface area (TPSA) is 86.6 Å². The molecule has 0 saturated heterocycles. The zero-order valence-electron chi connectivity index (χ0n) is 13.9. The SMILES string of the molecule is COc1cc(C)c2[nH]ccc2c1Cn1[nH]c2ccc(C#N)cc2c1=O. The summed E-state index contributed by atoms with van der Waals surface area (Å²) in [5.74, 6) is 0.743. The van der Waals surface area contributed by atoms with Crippen LogP contribution in [0.1, 0.15) is 16.7 Å². The molecule has 4 aromatic rings. The summed E-state index contributed by atoms with van der Waals surface area (Å²) in [4.78, 5) is 15.9. The summed E-state index contributed by atoms with van der Waals surface area (Å²) < 4.78 is 7.09. The number of nitriles is 1. The van der Waals surface area contributed by atoms with Crippen LogP contribution >= 0.6 is 0 Å². The molecule has 0 aliphatic heterocycles. The maximum absolute atomic E-state index is 12.7. The monoisotopic (exact) mass is 332 g/mol. The number of rotatable bonds is 3. The molecule has 0 saturated carbocycles. The summed E-state index contributed by atoms with van der Waals surface area (Å²) in [6.07, 6.45) is 1.88. The summed E-state index contributed by atoms with van der Waals surface area (Å²) in [5, 5.41) is 13.7. The van der Waals surface area contributed by atoms with Crippen molar-refractivity contribution in [2.24, 2.45) is 0 Å². The van der Waals surface area contributed by atoms with E-state index < -0.39 is 0 Å². The van der Waals surface area contributed by atoms with Crippen molar-refractivity contribution in [1.82, 2.24) is 14.8 Å². The molecule has 124 valence electrons. The van der Waals surface area contributed by atoms with Crippen molar-refractivity contribution in [1.29, 1.82) is 5.26 Å². The summed E-state index contributed by atoms with van der Waals surface area (Å²) in [7, 11) is 1.63. The lowest BCUT2D eigenvalue weighted by atomic mass is 10.0. The fraction of sp³-hybridized carbons (Fsp3) is 0.158. The Morgan fingerprint density at radius 2 is 2.08 bits per heavy atom.